The van der Waals surface area contributed by atoms with Crippen molar-refractivity contribution in [2.75, 3.05) is 13.1 Å². The Hall–Kier alpha value is -2.13. The van der Waals surface area contributed by atoms with E-state index in [2.05, 4.69) is 17.4 Å². The molecule has 1 atom stereocenters. The minimum atomic E-state index is 0.0186. The van der Waals surface area contributed by atoms with Crippen molar-refractivity contribution in [3.63, 3.8) is 0 Å². The number of rotatable bonds is 5. The van der Waals surface area contributed by atoms with Gasteiger partial charge in [-0.05, 0) is 49.1 Å². The average molecular weight is 295 g/mol. The highest BCUT2D eigenvalue weighted by atomic mass is 16.3. The Labute approximate surface area is 131 Å². The smallest absolute Gasteiger partial charge is 0.167 e. The summed E-state index contributed by atoms with van der Waals surface area (Å²) in [7, 11) is 0. The lowest BCUT2D eigenvalue weighted by Gasteiger charge is -2.23. The first kappa shape index (κ1) is 14.8. The van der Waals surface area contributed by atoms with Crippen LogP contribution in [0, 0.1) is 5.92 Å². The van der Waals surface area contributed by atoms with Crippen molar-refractivity contribution in [1.82, 2.24) is 5.32 Å². The Morgan fingerprint density at radius 1 is 1.14 bits per heavy atom. The normalized spacial score (nSPS) is 17.3. The van der Waals surface area contributed by atoms with E-state index in [4.69, 9.17) is 0 Å². The Bertz CT molecular complexity index is 652. The van der Waals surface area contributed by atoms with Gasteiger partial charge in [0.1, 0.15) is 5.75 Å². The molecule has 1 aliphatic rings. The van der Waals surface area contributed by atoms with Gasteiger partial charge in [0.05, 0.1) is 0 Å². The van der Waals surface area contributed by atoms with Gasteiger partial charge in [0.2, 0.25) is 0 Å². The molecular formula is C19H21NO2. The van der Waals surface area contributed by atoms with Crippen LogP contribution in [0.15, 0.2) is 48.5 Å². The van der Waals surface area contributed by atoms with E-state index in [1.54, 1.807) is 12.1 Å². The minimum Gasteiger partial charge on any atom is -0.508 e. The summed E-state index contributed by atoms with van der Waals surface area (Å²) in [5.74, 6) is 0.347. The number of Topliss-reactive ketones (excluding diaryl/α,β-unsaturated/α-hetero) is 1. The monoisotopic (exact) mass is 295 g/mol. The predicted octanol–water partition coefficient (Wildman–Crippen LogP) is 2.97. The zero-order valence-corrected chi connectivity index (χ0v) is 12.6. The summed E-state index contributed by atoms with van der Waals surface area (Å²) in [5.41, 5.74) is 3.06. The third-order valence-electron chi connectivity index (χ3n) is 4.32. The number of benzene rings is 2. The molecule has 0 spiro atoms. The number of aryl methyl sites for hydroxylation is 1. The van der Waals surface area contributed by atoms with Crippen LogP contribution in [-0.2, 0) is 12.8 Å². The van der Waals surface area contributed by atoms with E-state index >= 15 is 0 Å². The van der Waals surface area contributed by atoms with E-state index in [0.29, 0.717) is 12.1 Å². The van der Waals surface area contributed by atoms with Crippen LogP contribution < -0.4 is 5.32 Å². The van der Waals surface area contributed by atoms with E-state index in [-0.39, 0.29) is 17.5 Å². The molecule has 0 aromatic heterocycles. The maximum absolute atomic E-state index is 12.5. The second kappa shape index (κ2) is 6.75. The number of fused-ring (bicyclic) bond motifs is 1. The van der Waals surface area contributed by atoms with Crippen LogP contribution in [0.3, 0.4) is 0 Å². The number of carbonyl (C=O) groups is 1. The molecule has 3 heteroatoms. The largest absolute Gasteiger partial charge is 0.508 e. The topological polar surface area (TPSA) is 49.3 Å². The average Bonchev–Trinajstić information content (AvgIpc) is 2.55. The molecule has 0 heterocycles. The van der Waals surface area contributed by atoms with Crippen LogP contribution in [0.2, 0.25) is 0 Å². The molecule has 0 saturated carbocycles. The van der Waals surface area contributed by atoms with Gasteiger partial charge in [0, 0.05) is 18.0 Å². The molecule has 2 aromatic rings. The minimum absolute atomic E-state index is 0.0186. The number of hydrogen-bond acceptors (Lipinski definition) is 3. The van der Waals surface area contributed by atoms with Gasteiger partial charge in [0.25, 0.3) is 0 Å². The fourth-order valence-electron chi connectivity index (χ4n) is 3.04. The zero-order valence-electron chi connectivity index (χ0n) is 12.6. The second-order valence-electron chi connectivity index (χ2n) is 5.88. The van der Waals surface area contributed by atoms with E-state index < -0.39 is 0 Å². The quantitative estimate of drug-likeness (QED) is 0.834. The maximum Gasteiger partial charge on any atom is 0.167 e. The lowest BCUT2D eigenvalue weighted by atomic mass is 9.82. The van der Waals surface area contributed by atoms with Gasteiger partial charge in [0.15, 0.2) is 5.78 Å². The van der Waals surface area contributed by atoms with Crippen LogP contribution in [0.4, 0.5) is 0 Å². The number of carbonyl (C=O) groups excluding carboxylic acids is 1. The molecule has 0 amide bonds. The molecule has 2 aromatic carbocycles. The van der Waals surface area contributed by atoms with Crippen LogP contribution in [0.5, 0.6) is 5.75 Å². The highest BCUT2D eigenvalue weighted by Gasteiger charge is 2.27. The van der Waals surface area contributed by atoms with Crippen molar-refractivity contribution in [3.8, 4) is 5.75 Å². The lowest BCUT2D eigenvalue weighted by Crippen LogP contribution is -2.33. The molecule has 3 rings (SSSR count). The summed E-state index contributed by atoms with van der Waals surface area (Å²) in [6, 6.07) is 15.5. The van der Waals surface area contributed by atoms with Gasteiger partial charge in [-0.15, -0.1) is 0 Å². The highest BCUT2D eigenvalue weighted by molar-refractivity contribution is 6.00. The predicted molar refractivity (Wildman–Crippen MR) is 87.3 cm³/mol. The molecule has 1 unspecified atom stereocenters. The number of phenols is 1. The van der Waals surface area contributed by atoms with Gasteiger partial charge in [-0.2, -0.15) is 0 Å². The Balaban J connectivity index is 1.53. The van der Waals surface area contributed by atoms with E-state index in [9.17, 15) is 9.90 Å². The number of hydrogen-bond donors (Lipinski definition) is 2. The molecule has 0 saturated heterocycles. The standard InChI is InChI=1S/C19H21NO2/c21-17-9-8-15-6-7-16(19(22)18(15)12-17)13-20-11-10-14-4-2-1-3-5-14/h1-5,8-9,12,16,20-21H,6-7,10-11,13H2. The fraction of sp³-hybridized carbons (Fsp3) is 0.316. The molecule has 0 fully saturated rings. The Morgan fingerprint density at radius 3 is 2.77 bits per heavy atom. The number of aromatic hydroxyl groups is 1. The van der Waals surface area contributed by atoms with Crippen LogP contribution >= 0.6 is 0 Å². The lowest BCUT2D eigenvalue weighted by molar-refractivity contribution is 0.0900. The van der Waals surface area contributed by atoms with Crippen molar-refractivity contribution in [2.24, 2.45) is 5.92 Å². The SMILES string of the molecule is O=C1c2cc(O)ccc2CCC1CNCCc1ccccc1. The number of ketones is 1. The van der Waals surface area contributed by atoms with E-state index in [1.807, 2.05) is 24.3 Å². The van der Waals surface area contributed by atoms with E-state index in [0.717, 1.165) is 31.4 Å². The molecule has 1 aliphatic carbocycles. The first-order chi connectivity index (χ1) is 10.7. The molecule has 22 heavy (non-hydrogen) atoms. The molecule has 2 N–H and O–H groups in total. The summed E-state index contributed by atoms with van der Waals surface area (Å²) in [6.07, 6.45) is 2.76. The van der Waals surface area contributed by atoms with Crippen LogP contribution in [-0.4, -0.2) is 24.0 Å². The number of nitrogens with one attached hydrogen (secondary N) is 1. The molecular weight excluding hydrogens is 274 g/mol. The van der Waals surface area contributed by atoms with Crippen molar-refractivity contribution < 1.29 is 9.90 Å². The summed E-state index contributed by atoms with van der Waals surface area (Å²) >= 11 is 0. The third-order valence-corrected chi connectivity index (χ3v) is 4.32. The van der Waals surface area contributed by atoms with Crippen molar-refractivity contribution >= 4 is 5.78 Å². The Kier molecular flexibility index (Phi) is 4.54. The third kappa shape index (κ3) is 3.37. The first-order valence-corrected chi connectivity index (χ1v) is 7.85. The first-order valence-electron chi connectivity index (χ1n) is 7.85. The summed E-state index contributed by atoms with van der Waals surface area (Å²) in [5, 5.41) is 13.0. The van der Waals surface area contributed by atoms with Crippen LogP contribution in [0.25, 0.3) is 0 Å². The van der Waals surface area contributed by atoms with Crippen molar-refractivity contribution in [2.45, 2.75) is 19.3 Å². The molecule has 0 aliphatic heterocycles. The summed E-state index contributed by atoms with van der Waals surface area (Å²) < 4.78 is 0. The van der Waals surface area contributed by atoms with Crippen molar-refractivity contribution in [1.29, 1.82) is 0 Å². The molecule has 0 bridgehead atoms. The van der Waals surface area contributed by atoms with Gasteiger partial charge < -0.3 is 10.4 Å². The van der Waals surface area contributed by atoms with Gasteiger partial charge in [-0.1, -0.05) is 36.4 Å². The van der Waals surface area contributed by atoms with Gasteiger partial charge >= 0.3 is 0 Å². The summed E-state index contributed by atoms with van der Waals surface area (Å²) in [6.45, 7) is 1.58. The fourth-order valence-corrected chi connectivity index (χ4v) is 3.04. The number of phenolic OH excluding ortho intramolecular Hbond substituents is 1. The van der Waals surface area contributed by atoms with Crippen molar-refractivity contribution in [3.05, 3.63) is 65.2 Å². The Morgan fingerprint density at radius 2 is 1.95 bits per heavy atom. The maximum atomic E-state index is 12.5. The van der Waals surface area contributed by atoms with E-state index in [1.165, 1.54) is 5.56 Å². The van der Waals surface area contributed by atoms with Crippen LogP contribution in [0.1, 0.15) is 27.9 Å². The zero-order chi connectivity index (χ0) is 15.4. The summed E-state index contributed by atoms with van der Waals surface area (Å²) in [4.78, 5) is 12.5. The molecule has 3 nitrogen and oxygen atoms in total. The van der Waals surface area contributed by atoms with Gasteiger partial charge in [-0.25, -0.2) is 0 Å². The molecule has 0 radical (unpaired) electrons. The second-order valence-corrected chi connectivity index (χ2v) is 5.88. The van der Waals surface area contributed by atoms with Gasteiger partial charge in [-0.3, -0.25) is 4.79 Å². The molecule has 114 valence electrons. The highest BCUT2D eigenvalue weighted by Crippen LogP contribution is 2.27.